The fraction of sp³-hybridized carbons (Fsp3) is 0.414. The molecule has 2 aliphatic rings. The summed E-state index contributed by atoms with van der Waals surface area (Å²) in [5.41, 5.74) is 8.43. The van der Waals surface area contributed by atoms with Crippen molar-refractivity contribution in [1.29, 1.82) is 0 Å². The van der Waals surface area contributed by atoms with E-state index in [-0.39, 0.29) is 17.9 Å². The zero-order valence-corrected chi connectivity index (χ0v) is 21.1. The maximum absolute atomic E-state index is 13.1. The molecule has 0 radical (unpaired) electrons. The summed E-state index contributed by atoms with van der Waals surface area (Å²) in [7, 11) is 0. The topological polar surface area (TPSA) is 78.1 Å². The van der Waals surface area contributed by atoms with E-state index in [0.717, 1.165) is 53.6 Å². The average Bonchev–Trinajstić information content (AvgIpc) is 3.38. The van der Waals surface area contributed by atoms with Gasteiger partial charge in [0.05, 0.1) is 5.69 Å². The maximum atomic E-state index is 13.1. The van der Waals surface area contributed by atoms with Gasteiger partial charge in [0.2, 0.25) is 0 Å². The largest absolute Gasteiger partial charge is 0.350 e. The van der Waals surface area contributed by atoms with E-state index in [1.807, 2.05) is 55.1 Å². The molecule has 0 saturated heterocycles. The Hall–Kier alpha value is -3.41. The summed E-state index contributed by atoms with van der Waals surface area (Å²) in [6, 6.07) is 13.8. The molecule has 6 nitrogen and oxygen atoms in total. The molecule has 0 unspecified atom stereocenters. The van der Waals surface area contributed by atoms with Crippen molar-refractivity contribution >= 4 is 11.8 Å². The normalized spacial score (nSPS) is 17.1. The van der Waals surface area contributed by atoms with Gasteiger partial charge in [-0.3, -0.25) is 14.7 Å². The predicted molar refractivity (Wildman–Crippen MR) is 137 cm³/mol. The summed E-state index contributed by atoms with van der Waals surface area (Å²) in [6.45, 7) is 9.75. The highest BCUT2D eigenvalue weighted by atomic mass is 16.2. The molecule has 0 saturated carbocycles. The van der Waals surface area contributed by atoms with Crippen LogP contribution in [-0.2, 0) is 25.9 Å². The Bertz CT molecular complexity index is 1270. The van der Waals surface area contributed by atoms with Crippen molar-refractivity contribution in [1.82, 2.24) is 20.4 Å². The van der Waals surface area contributed by atoms with Crippen molar-refractivity contribution in [3.05, 3.63) is 76.0 Å². The number of aromatic nitrogens is 2. The number of benzene rings is 2. The second-order valence-electron chi connectivity index (χ2n) is 10.9. The Morgan fingerprint density at radius 3 is 2.71 bits per heavy atom. The Labute approximate surface area is 207 Å². The minimum absolute atomic E-state index is 0.0518. The first-order valence-corrected chi connectivity index (χ1v) is 12.6. The van der Waals surface area contributed by atoms with Crippen LogP contribution in [0, 0.1) is 5.41 Å². The predicted octanol–water partition coefficient (Wildman–Crippen LogP) is 5.28. The average molecular weight is 471 g/mol. The second-order valence-corrected chi connectivity index (χ2v) is 10.9. The zero-order valence-electron chi connectivity index (χ0n) is 21.1. The van der Waals surface area contributed by atoms with Gasteiger partial charge in [-0.2, -0.15) is 5.10 Å². The molecule has 182 valence electrons. The first-order valence-electron chi connectivity index (χ1n) is 12.6. The molecule has 2 amide bonds. The molecule has 0 spiro atoms. The minimum Gasteiger partial charge on any atom is -0.350 e. The van der Waals surface area contributed by atoms with Crippen molar-refractivity contribution in [2.24, 2.45) is 5.41 Å². The lowest BCUT2D eigenvalue weighted by atomic mass is 9.76. The van der Waals surface area contributed by atoms with Crippen molar-refractivity contribution in [3.63, 3.8) is 0 Å². The number of hydrogen-bond donors (Lipinski definition) is 2. The lowest BCUT2D eigenvalue weighted by Crippen LogP contribution is -2.31. The number of carbonyl (C=O) groups is 2. The van der Waals surface area contributed by atoms with Crippen LogP contribution in [0.5, 0.6) is 0 Å². The molecular formula is C29H34N4O2. The van der Waals surface area contributed by atoms with Crippen molar-refractivity contribution in [2.45, 2.75) is 72.5 Å². The van der Waals surface area contributed by atoms with Crippen LogP contribution in [0.4, 0.5) is 0 Å². The number of H-pyrrole nitrogens is 1. The molecule has 1 atom stereocenters. The van der Waals surface area contributed by atoms with E-state index < -0.39 is 0 Å². The zero-order chi connectivity index (χ0) is 24.7. The lowest BCUT2D eigenvalue weighted by Gasteiger charge is -2.29. The molecule has 0 bridgehead atoms. The maximum Gasteiger partial charge on any atom is 0.254 e. The van der Waals surface area contributed by atoms with Crippen molar-refractivity contribution in [2.75, 3.05) is 0 Å². The third-order valence-corrected chi connectivity index (χ3v) is 7.50. The van der Waals surface area contributed by atoms with Gasteiger partial charge in [-0.25, -0.2) is 0 Å². The van der Waals surface area contributed by atoms with E-state index in [1.165, 1.54) is 11.3 Å². The lowest BCUT2D eigenvalue weighted by molar-refractivity contribution is 0.0766. The van der Waals surface area contributed by atoms with Crippen LogP contribution >= 0.6 is 0 Å². The molecule has 2 N–H and O–H groups in total. The summed E-state index contributed by atoms with van der Waals surface area (Å²) < 4.78 is 0. The molecule has 3 aromatic rings. The SMILES string of the molecule is CC[C@@H](C)NC(=O)c1ccc(CN2Cc3cc(-c4n[nH]c5c4CCC(C)(C)C5)ccc3C2=O)cc1. The highest BCUT2D eigenvalue weighted by Crippen LogP contribution is 2.38. The fourth-order valence-electron chi connectivity index (χ4n) is 5.13. The molecular weight excluding hydrogens is 436 g/mol. The summed E-state index contributed by atoms with van der Waals surface area (Å²) in [5.74, 6) is -0.0110. The first kappa shape index (κ1) is 23.3. The third kappa shape index (κ3) is 4.62. The van der Waals surface area contributed by atoms with Crippen molar-refractivity contribution in [3.8, 4) is 11.3 Å². The number of rotatable bonds is 6. The van der Waals surface area contributed by atoms with E-state index in [1.54, 1.807) is 0 Å². The van der Waals surface area contributed by atoms with Gasteiger partial charge in [0.25, 0.3) is 11.8 Å². The van der Waals surface area contributed by atoms with E-state index >= 15 is 0 Å². The van der Waals surface area contributed by atoms with E-state index in [9.17, 15) is 9.59 Å². The molecule has 6 heteroatoms. The number of hydrogen-bond acceptors (Lipinski definition) is 3. The molecule has 1 aliphatic heterocycles. The van der Waals surface area contributed by atoms with Crippen LogP contribution in [0.2, 0.25) is 0 Å². The highest BCUT2D eigenvalue weighted by molar-refractivity contribution is 5.99. The van der Waals surface area contributed by atoms with Gasteiger partial charge in [-0.1, -0.05) is 39.0 Å². The van der Waals surface area contributed by atoms with E-state index in [4.69, 9.17) is 0 Å². The third-order valence-electron chi connectivity index (χ3n) is 7.50. The van der Waals surface area contributed by atoms with Gasteiger partial charge >= 0.3 is 0 Å². The summed E-state index contributed by atoms with van der Waals surface area (Å²) >= 11 is 0. The van der Waals surface area contributed by atoms with Gasteiger partial charge < -0.3 is 10.2 Å². The van der Waals surface area contributed by atoms with Gasteiger partial charge in [0, 0.05) is 47.1 Å². The van der Waals surface area contributed by atoms with Crippen LogP contribution < -0.4 is 5.32 Å². The van der Waals surface area contributed by atoms with Crippen molar-refractivity contribution < 1.29 is 9.59 Å². The van der Waals surface area contributed by atoms with Crippen LogP contribution in [-0.4, -0.2) is 33.0 Å². The molecule has 0 fully saturated rings. The van der Waals surface area contributed by atoms with Crippen LogP contribution in [0.25, 0.3) is 11.3 Å². The van der Waals surface area contributed by atoms with Gasteiger partial charge in [0.15, 0.2) is 0 Å². The molecule has 5 rings (SSSR count). The number of nitrogens with zero attached hydrogens (tertiary/aromatic N) is 2. The summed E-state index contributed by atoms with van der Waals surface area (Å²) in [4.78, 5) is 27.3. The number of aromatic amines is 1. The smallest absolute Gasteiger partial charge is 0.254 e. The summed E-state index contributed by atoms with van der Waals surface area (Å²) in [5, 5.41) is 10.9. The van der Waals surface area contributed by atoms with Crippen LogP contribution in [0.1, 0.15) is 83.6 Å². The van der Waals surface area contributed by atoms with Crippen LogP contribution in [0.3, 0.4) is 0 Å². The standard InChI is InChI=1S/C29H34N4O2/c1-5-18(2)30-27(34)20-8-6-19(7-9-20)16-33-17-22-14-21(10-11-23(22)28(33)35)26-24-12-13-29(3,4)15-25(24)31-32-26/h6-11,14,18H,5,12-13,15-17H2,1-4H3,(H,30,34)(H,31,32)/t18-/m1/s1. The quantitative estimate of drug-likeness (QED) is 0.515. The highest BCUT2D eigenvalue weighted by Gasteiger charge is 2.31. The first-order chi connectivity index (χ1) is 16.7. The molecule has 1 aliphatic carbocycles. The Balaban J connectivity index is 1.29. The van der Waals surface area contributed by atoms with Crippen LogP contribution in [0.15, 0.2) is 42.5 Å². The second kappa shape index (κ2) is 8.99. The number of fused-ring (bicyclic) bond motifs is 2. The summed E-state index contributed by atoms with van der Waals surface area (Å²) in [6.07, 6.45) is 4.10. The number of carbonyl (C=O) groups excluding carboxylic acids is 2. The molecule has 35 heavy (non-hydrogen) atoms. The Kier molecular flexibility index (Phi) is 5.99. The molecule has 2 heterocycles. The number of amides is 2. The van der Waals surface area contributed by atoms with Gasteiger partial charge in [-0.05, 0) is 73.4 Å². The number of nitrogens with one attached hydrogen (secondary N) is 2. The molecule has 2 aromatic carbocycles. The minimum atomic E-state index is -0.0628. The van der Waals surface area contributed by atoms with E-state index in [2.05, 4.69) is 35.4 Å². The fourth-order valence-corrected chi connectivity index (χ4v) is 5.13. The van der Waals surface area contributed by atoms with Gasteiger partial charge in [-0.15, -0.1) is 0 Å². The van der Waals surface area contributed by atoms with Gasteiger partial charge in [0.1, 0.15) is 0 Å². The monoisotopic (exact) mass is 470 g/mol. The Morgan fingerprint density at radius 2 is 1.97 bits per heavy atom. The molecule has 1 aromatic heterocycles. The Morgan fingerprint density at radius 1 is 1.20 bits per heavy atom. The van der Waals surface area contributed by atoms with E-state index in [0.29, 0.717) is 24.1 Å².